The zero-order chi connectivity index (χ0) is 21.6. The van der Waals surface area contributed by atoms with Crippen LogP contribution in [0.25, 0.3) is 10.1 Å². The van der Waals surface area contributed by atoms with E-state index in [1.807, 2.05) is 6.07 Å². The summed E-state index contributed by atoms with van der Waals surface area (Å²) in [5, 5.41) is 4.73. The number of sulfonamides is 1. The van der Waals surface area contributed by atoms with Gasteiger partial charge in [-0.05, 0) is 78.7 Å². The zero-order valence-corrected chi connectivity index (χ0v) is 19.1. The third kappa shape index (κ3) is 4.10. The highest BCUT2D eigenvalue weighted by Gasteiger charge is 2.36. The first-order valence-electron chi connectivity index (χ1n) is 10.3. The van der Waals surface area contributed by atoms with Crippen LogP contribution < -0.4 is 14.9 Å². The lowest BCUT2D eigenvalue weighted by Crippen LogP contribution is -2.41. The summed E-state index contributed by atoms with van der Waals surface area (Å²) < 4.78 is 29.5. The molecule has 1 saturated heterocycles. The van der Waals surface area contributed by atoms with Gasteiger partial charge in [-0.25, -0.2) is 8.42 Å². The predicted octanol–water partition coefficient (Wildman–Crippen LogP) is 3.67. The maximum absolute atomic E-state index is 13.0. The van der Waals surface area contributed by atoms with Gasteiger partial charge >= 0.3 is 0 Å². The molecule has 0 aliphatic carbocycles. The number of benzene rings is 2. The van der Waals surface area contributed by atoms with Gasteiger partial charge in [-0.1, -0.05) is 17.7 Å². The van der Waals surface area contributed by atoms with Crippen molar-refractivity contribution < 1.29 is 13.2 Å². The van der Waals surface area contributed by atoms with E-state index >= 15 is 0 Å². The quantitative estimate of drug-likeness (QED) is 0.603. The molecule has 0 radical (unpaired) electrons. The van der Waals surface area contributed by atoms with Gasteiger partial charge in [0.2, 0.25) is 5.91 Å². The molecule has 162 valence electrons. The second-order valence-corrected chi connectivity index (χ2v) is 11.4. The molecule has 3 heterocycles. The Bertz CT molecular complexity index is 1270. The van der Waals surface area contributed by atoms with Crippen LogP contribution in [0.2, 0.25) is 5.02 Å². The fourth-order valence-electron chi connectivity index (χ4n) is 4.23. The smallest absolute Gasteiger partial charge is 0.250 e. The lowest BCUT2D eigenvalue weighted by molar-refractivity contribution is -0.118. The molecule has 1 aromatic heterocycles. The number of hydrogen-bond acceptors (Lipinski definition) is 5. The predicted molar refractivity (Wildman–Crippen MR) is 124 cm³/mol. The lowest BCUT2D eigenvalue weighted by Gasteiger charge is -2.19. The molecule has 0 spiro atoms. The average Bonchev–Trinajstić information content (AvgIpc) is 3.23. The summed E-state index contributed by atoms with van der Waals surface area (Å²) in [5.74, 6) is -0.214. The summed E-state index contributed by atoms with van der Waals surface area (Å²) in [7, 11) is -3.81. The Morgan fingerprint density at radius 2 is 2.00 bits per heavy atom. The Morgan fingerprint density at radius 3 is 2.87 bits per heavy atom. The minimum atomic E-state index is -3.81. The van der Waals surface area contributed by atoms with Crippen molar-refractivity contribution in [2.75, 3.05) is 18.0 Å². The Morgan fingerprint density at radius 1 is 1.13 bits per heavy atom. The molecule has 3 aromatic rings. The van der Waals surface area contributed by atoms with Crippen LogP contribution in [0.4, 0.5) is 5.69 Å². The van der Waals surface area contributed by atoms with E-state index in [0.717, 1.165) is 41.7 Å². The number of amides is 1. The van der Waals surface area contributed by atoms with Gasteiger partial charge in [-0.3, -0.25) is 4.79 Å². The second kappa shape index (κ2) is 8.18. The number of anilines is 1. The van der Waals surface area contributed by atoms with Crippen LogP contribution in [0.3, 0.4) is 0 Å². The van der Waals surface area contributed by atoms with Crippen LogP contribution >= 0.6 is 22.9 Å². The molecule has 1 amide bonds. The average molecular weight is 476 g/mol. The maximum atomic E-state index is 13.0. The molecule has 1 atom stereocenters. The van der Waals surface area contributed by atoms with E-state index in [1.165, 1.54) is 22.5 Å². The van der Waals surface area contributed by atoms with Gasteiger partial charge in [0.25, 0.3) is 10.0 Å². The highest BCUT2D eigenvalue weighted by atomic mass is 35.5. The van der Waals surface area contributed by atoms with E-state index in [4.69, 9.17) is 11.6 Å². The number of fused-ring (bicyclic) bond motifs is 2. The van der Waals surface area contributed by atoms with Crippen LogP contribution in [0.1, 0.15) is 24.0 Å². The Labute approximate surface area is 190 Å². The number of carbonyl (C=O) groups excluding carboxylic acids is 1. The largest absolute Gasteiger partial charge is 0.313 e. The number of aryl methyl sites for hydroxylation is 1. The summed E-state index contributed by atoms with van der Waals surface area (Å²) >= 11 is 7.18. The van der Waals surface area contributed by atoms with E-state index in [9.17, 15) is 13.2 Å². The van der Waals surface area contributed by atoms with Crippen molar-refractivity contribution >= 4 is 54.6 Å². The Balaban J connectivity index is 1.35. The molecule has 0 bridgehead atoms. The number of thiophene rings is 1. The topological polar surface area (TPSA) is 78.5 Å². The van der Waals surface area contributed by atoms with Crippen LogP contribution in [0, 0.1) is 0 Å². The molecule has 2 aliphatic rings. The number of nitrogens with one attached hydrogen (secondary N) is 2. The Kier molecular flexibility index (Phi) is 5.52. The molecule has 6 nitrogen and oxygen atoms in total. The first-order valence-corrected chi connectivity index (χ1v) is 12.9. The molecule has 1 fully saturated rings. The van der Waals surface area contributed by atoms with E-state index in [0.29, 0.717) is 18.0 Å². The fraction of sp³-hybridized carbons (Fsp3) is 0.318. The van der Waals surface area contributed by atoms with Gasteiger partial charge in [0, 0.05) is 28.5 Å². The summed E-state index contributed by atoms with van der Waals surface area (Å²) in [6, 6.07) is 12.2. The highest BCUT2D eigenvalue weighted by molar-refractivity contribution is 7.91. The van der Waals surface area contributed by atoms with E-state index in [1.54, 1.807) is 29.2 Å². The van der Waals surface area contributed by atoms with Gasteiger partial charge in [-0.15, -0.1) is 11.3 Å². The number of rotatable bonds is 4. The van der Waals surface area contributed by atoms with Crippen LogP contribution in [0.5, 0.6) is 0 Å². The van der Waals surface area contributed by atoms with Crippen molar-refractivity contribution in [2.24, 2.45) is 0 Å². The molecule has 2 aliphatic heterocycles. The normalized spacial score (nSPS) is 19.6. The maximum Gasteiger partial charge on any atom is 0.250 e. The summed E-state index contributed by atoms with van der Waals surface area (Å²) in [6.45, 7) is 2.26. The number of hydrogen-bond donors (Lipinski definition) is 2. The zero-order valence-electron chi connectivity index (χ0n) is 16.7. The summed E-state index contributed by atoms with van der Waals surface area (Å²) in [5.41, 5.74) is 3.34. The third-order valence-electron chi connectivity index (χ3n) is 5.84. The van der Waals surface area contributed by atoms with Crippen LogP contribution in [-0.4, -0.2) is 33.5 Å². The first-order chi connectivity index (χ1) is 14.9. The standard InChI is InChI=1S/C22H22ClN3O3S2/c23-17-4-6-20-15(10-17)12-21(30-20)31(28,29)25-19-7-9-26(22(19)27)18-5-3-14-2-1-8-24-13-16(14)11-18/h3-6,10-12,19,24-25H,1-2,7-9,13H2. The number of nitrogens with zero attached hydrogens (tertiary/aromatic N) is 1. The van der Waals surface area contributed by atoms with Crippen molar-refractivity contribution in [1.29, 1.82) is 0 Å². The number of carbonyl (C=O) groups is 1. The molecule has 5 rings (SSSR count). The summed E-state index contributed by atoms with van der Waals surface area (Å²) in [6.07, 6.45) is 2.56. The third-order valence-corrected chi connectivity index (χ3v) is 9.14. The number of halogens is 1. The molecule has 2 aromatic carbocycles. The van der Waals surface area contributed by atoms with Crippen molar-refractivity contribution in [3.8, 4) is 0 Å². The van der Waals surface area contributed by atoms with Gasteiger partial charge in [0.05, 0.1) is 0 Å². The molecule has 1 unspecified atom stereocenters. The molecule has 0 saturated carbocycles. The van der Waals surface area contributed by atoms with Crippen LogP contribution in [0.15, 0.2) is 46.7 Å². The van der Waals surface area contributed by atoms with Gasteiger partial charge in [0.1, 0.15) is 10.3 Å². The van der Waals surface area contributed by atoms with Gasteiger partial charge in [0.15, 0.2) is 0 Å². The van der Waals surface area contributed by atoms with Gasteiger partial charge in [-0.2, -0.15) is 4.72 Å². The van der Waals surface area contributed by atoms with Crippen molar-refractivity contribution in [3.63, 3.8) is 0 Å². The molecule has 2 N–H and O–H groups in total. The molecule has 9 heteroatoms. The second-order valence-electron chi connectivity index (χ2n) is 7.93. The molecule has 31 heavy (non-hydrogen) atoms. The first kappa shape index (κ1) is 20.9. The molecular formula is C22H22ClN3O3S2. The van der Waals surface area contributed by atoms with E-state index < -0.39 is 16.1 Å². The minimum Gasteiger partial charge on any atom is -0.313 e. The monoisotopic (exact) mass is 475 g/mol. The lowest BCUT2D eigenvalue weighted by atomic mass is 10.0. The Hall–Kier alpha value is -1.97. The van der Waals surface area contributed by atoms with Crippen LogP contribution in [-0.2, 0) is 27.8 Å². The van der Waals surface area contributed by atoms with Crippen molar-refractivity contribution in [1.82, 2.24) is 10.0 Å². The van der Waals surface area contributed by atoms with E-state index in [-0.39, 0.29) is 10.1 Å². The van der Waals surface area contributed by atoms with E-state index in [2.05, 4.69) is 22.2 Å². The summed E-state index contributed by atoms with van der Waals surface area (Å²) in [4.78, 5) is 14.7. The molecular weight excluding hydrogens is 454 g/mol. The minimum absolute atomic E-state index is 0.187. The van der Waals surface area contributed by atoms with Crippen molar-refractivity contribution in [3.05, 3.63) is 58.6 Å². The van der Waals surface area contributed by atoms with Crippen molar-refractivity contribution in [2.45, 2.75) is 36.1 Å². The fourth-order valence-corrected chi connectivity index (χ4v) is 7.03. The highest BCUT2D eigenvalue weighted by Crippen LogP contribution is 2.32. The van der Waals surface area contributed by atoms with Gasteiger partial charge < -0.3 is 10.2 Å². The SMILES string of the molecule is O=C1C(NS(=O)(=O)c2cc3cc(Cl)ccc3s2)CCN1c1ccc2c(c1)CNCCC2.